The second-order valence-corrected chi connectivity index (χ2v) is 10.5. The monoisotopic (exact) mass is 568 g/mol. The molecule has 0 amide bonds. The van der Waals surface area contributed by atoms with E-state index in [1.165, 1.54) is 0 Å². The number of pyridine rings is 1. The maximum Gasteiger partial charge on any atom is 0.258 e. The number of para-hydroxylation sites is 1. The Labute approximate surface area is 240 Å². The summed E-state index contributed by atoms with van der Waals surface area (Å²) in [6.07, 6.45) is 0.450. The molecule has 2 heterocycles. The molecule has 1 aromatic heterocycles. The molecule has 8 heteroatoms. The van der Waals surface area contributed by atoms with E-state index in [9.17, 15) is 4.79 Å². The molecule has 1 unspecified atom stereocenters. The van der Waals surface area contributed by atoms with E-state index < -0.39 is 0 Å². The van der Waals surface area contributed by atoms with Crippen LogP contribution in [0.5, 0.6) is 0 Å². The third-order valence-electron chi connectivity index (χ3n) is 6.70. The molecular weight excluding hydrogens is 547 g/mol. The summed E-state index contributed by atoms with van der Waals surface area (Å²) in [5.74, 6) is 0. The first-order valence-corrected chi connectivity index (χ1v) is 13.5. The second kappa shape index (κ2) is 10.7. The number of thiocarbonyl (C=S) groups is 1. The zero-order valence-corrected chi connectivity index (χ0v) is 22.9. The number of nitrogens with one attached hydrogen (secondary N) is 2. The van der Waals surface area contributed by atoms with E-state index in [0.29, 0.717) is 38.4 Å². The van der Waals surface area contributed by atoms with Crippen molar-refractivity contribution in [1.82, 2.24) is 9.99 Å². The largest absolute Gasteiger partial charge is 0.331 e. The summed E-state index contributed by atoms with van der Waals surface area (Å²) in [5.41, 5.74) is 5.07. The summed E-state index contributed by atoms with van der Waals surface area (Å²) in [5, 5.41) is 12.5. The van der Waals surface area contributed by atoms with Crippen molar-refractivity contribution in [3.63, 3.8) is 0 Å². The second-order valence-electron chi connectivity index (χ2n) is 9.22. The van der Waals surface area contributed by atoms with Crippen molar-refractivity contribution in [1.29, 1.82) is 0 Å². The van der Waals surface area contributed by atoms with Crippen molar-refractivity contribution in [3.05, 3.63) is 135 Å². The average Bonchev–Trinajstić information content (AvgIpc) is 3.39. The first kappa shape index (κ1) is 25.3. The molecule has 192 valence electrons. The van der Waals surface area contributed by atoms with Gasteiger partial charge in [-0.05, 0) is 65.8 Å². The number of hydrogen-bond acceptors (Lipinski definition) is 3. The SMILES string of the molecule is O=c1[nH]c2ccc(Cl)cc2c(-c2ccccc2)c1C1=NN(C(=S)Nc2ccccc2)C(c2cccc(Cl)c2)C1. The van der Waals surface area contributed by atoms with Crippen LogP contribution in [0.1, 0.15) is 23.6 Å². The normalized spacial score (nSPS) is 14.9. The third-order valence-corrected chi connectivity index (χ3v) is 7.46. The molecule has 0 saturated carbocycles. The predicted molar refractivity (Wildman–Crippen MR) is 165 cm³/mol. The molecule has 0 spiro atoms. The number of hydrazone groups is 1. The Kier molecular flexibility index (Phi) is 6.92. The topological polar surface area (TPSA) is 60.5 Å². The highest BCUT2D eigenvalue weighted by Gasteiger charge is 2.34. The van der Waals surface area contributed by atoms with Crippen LogP contribution in [-0.2, 0) is 0 Å². The van der Waals surface area contributed by atoms with Gasteiger partial charge in [0.15, 0.2) is 5.11 Å². The predicted octanol–water partition coefficient (Wildman–Crippen LogP) is 8.05. The highest BCUT2D eigenvalue weighted by atomic mass is 35.5. The molecule has 5 nitrogen and oxygen atoms in total. The molecule has 2 N–H and O–H groups in total. The van der Waals surface area contributed by atoms with Crippen LogP contribution >= 0.6 is 35.4 Å². The fourth-order valence-electron chi connectivity index (χ4n) is 4.97. The molecule has 5 aromatic rings. The maximum atomic E-state index is 13.7. The van der Waals surface area contributed by atoms with Gasteiger partial charge in [-0.1, -0.05) is 83.9 Å². The van der Waals surface area contributed by atoms with E-state index >= 15 is 0 Å². The summed E-state index contributed by atoms with van der Waals surface area (Å²) in [6.45, 7) is 0. The van der Waals surface area contributed by atoms with Gasteiger partial charge in [-0.15, -0.1) is 0 Å². The van der Waals surface area contributed by atoms with Gasteiger partial charge in [0.2, 0.25) is 0 Å². The molecule has 0 aliphatic carbocycles. The number of halogens is 2. The lowest BCUT2D eigenvalue weighted by Gasteiger charge is -2.25. The molecule has 0 fully saturated rings. The van der Waals surface area contributed by atoms with E-state index in [1.54, 1.807) is 11.1 Å². The van der Waals surface area contributed by atoms with E-state index in [-0.39, 0.29) is 11.6 Å². The van der Waals surface area contributed by atoms with Crippen LogP contribution in [0.4, 0.5) is 5.69 Å². The minimum Gasteiger partial charge on any atom is -0.331 e. The van der Waals surface area contributed by atoms with Crippen LogP contribution < -0.4 is 10.9 Å². The van der Waals surface area contributed by atoms with Crippen LogP contribution in [0, 0.1) is 0 Å². The lowest BCUT2D eigenvalue weighted by atomic mass is 9.91. The zero-order chi connectivity index (χ0) is 26.9. The van der Waals surface area contributed by atoms with Crippen molar-refractivity contribution in [3.8, 4) is 11.1 Å². The fourth-order valence-corrected chi connectivity index (χ4v) is 5.63. The number of hydrogen-bond donors (Lipinski definition) is 2. The van der Waals surface area contributed by atoms with Crippen molar-refractivity contribution >= 4 is 62.8 Å². The van der Waals surface area contributed by atoms with Gasteiger partial charge < -0.3 is 10.3 Å². The maximum absolute atomic E-state index is 13.7. The Hall–Kier alpha value is -3.97. The Morgan fingerprint density at radius 3 is 2.33 bits per heavy atom. The number of aromatic nitrogens is 1. The lowest BCUT2D eigenvalue weighted by molar-refractivity contribution is 0.375. The number of fused-ring (bicyclic) bond motifs is 1. The molecule has 1 aliphatic heterocycles. The van der Waals surface area contributed by atoms with Crippen LogP contribution in [0.25, 0.3) is 22.0 Å². The van der Waals surface area contributed by atoms with Crippen molar-refractivity contribution in [2.75, 3.05) is 5.32 Å². The van der Waals surface area contributed by atoms with E-state index in [4.69, 9.17) is 40.5 Å². The number of aromatic amines is 1. The summed E-state index contributed by atoms with van der Waals surface area (Å²) >= 11 is 18.6. The highest BCUT2D eigenvalue weighted by molar-refractivity contribution is 7.80. The van der Waals surface area contributed by atoms with Gasteiger partial charge in [0.05, 0.1) is 17.3 Å². The van der Waals surface area contributed by atoms with E-state index in [0.717, 1.165) is 27.8 Å². The first-order chi connectivity index (χ1) is 19.0. The molecule has 0 saturated heterocycles. The number of rotatable bonds is 4. The van der Waals surface area contributed by atoms with Crippen molar-refractivity contribution in [2.45, 2.75) is 12.5 Å². The highest BCUT2D eigenvalue weighted by Crippen LogP contribution is 2.38. The Bertz CT molecular complexity index is 1790. The van der Waals surface area contributed by atoms with Crippen LogP contribution in [0.2, 0.25) is 10.0 Å². The average molecular weight is 570 g/mol. The van der Waals surface area contributed by atoms with Gasteiger partial charge in [-0.3, -0.25) is 4.79 Å². The molecule has 1 atom stereocenters. The zero-order valence-electron chi connectivity index (χ0n) is 20.6. The Morgan fingerprint density at radius 2 is 1.59 bits per heavy atom. The number of benzene rings is 4. The molecular formula is C31H22Cl2N4OS. The van der Waals surface area contributed by atoms with Gasteiger partial charge in [0.25, 0.3) is 5.56 Å². The van der Waals surface area contributed by atoms with Gasteiger partial charge in [-0.25, -0.2) is 5.01 Å². The fraction of sp³-hybridized carbons (Fsp3) is 0.0645. The molecule has 6 rings (SSSR count). The number of H-pyrrole nitrogens is 1. The van der Waals surface area contributed by atoms with Gasteiger partial charge in [0.1, 0.15) is 0 Å². The Morgan fingerprint density at radius 1 is 0.872 bits per heavy atom. The quantitative estimate of drug-likeness (QED) is 0.215. The summed E-state index contributed by atoms with van der Waals surface area (Å²) in [4.78, 5) is 16.7. The number of nitrogens with zero attached hydrogens (tertiary/aromatic N) is 2. The van der Waals surface area contributed by atoms with E-state index in [1.807, 2.05) is 97.1 Å². The summed E-state index contributed by atoms with van der Waals surface area (Å²) in [7, 11) is 0. The summed E-state index contributed by atoms with van der Waals surface area (Å²) in [6, 6.07) is 32.4. The molecule has 39 heavy (non-hydrogen) atoms. The molecule has 0 radical (unpaired) electrons. The third kappa shape index (κ3) is 5.06. The number of anilines is 1. The van der Waals surface area contributed by atoms with Crippen LogP contribution in [-0.4, -0.2) is 20.8 Å². The van der Waals surface area contributed by atoms with Gasteiger partial charge >= 0.3 is 0 Å². The summed E-state index contributed by atoms with van der Waals surface area (Å²) < 4.78 is 0. The Balaban J connectivity index is 1.53. The molecule has 4 aromatic carbocycles. The van der Waals surface area contributed by atoms with Gasteiger partial charge in [-0.2, -0.15) is 5.10 Å². The van der Waals surface area contributed by atoms with E-state index in [2.05, 4.69) is 10.3 Å². The van der Waals surface area contributed by atoms with Crippen LogP contribution in [0.3, 0.4) is 0 Å². The van der Waals surface area contributed by atoms with Gasteiger partial charge in [0, 0.05) is 38.6 Å². The lowest BCUT2D eigenvalue weighted by Crippen LogP contribution is -2.31. The first-order valence-electron chi connectivity index (χ1n) is 12.4. The minimum atomic E-state index is -0.263. The molecule has 1 aliphatic rings. The molecule has 0 bridgehead atoms. The standard InChI is InChI=1S/C31H22Cl2N4OS/c32-21-11-7-10-20(16-21)27-18-26(36-37(27)31(39)34-23-12-5-2-6-13-23)29-28(19-8-3-1-4-9-19)24-17-22(33)14-15-25(24)35-30(29)38/h1-17,27H,18H2,(H,34,39)(H,35,38). The van der Waals surface area contributed by atoms with Crippen LogP contribution in [0.15, 0.2) is 113 Å². The smallest absolute Gasteiger partial charge is 0.258 e. The minimum absolute atomic E-state index is 0.226. The van der Waals surface area contributed by atoms with Crippen molar-refractivity contribution in [2.24, 2.45) is 5.10 Å². The van der Waals surface area contributed by atoms with Crippen molar-refractivity contribution < 1.29 is 0 Å².